The number of nitrogens with one attached hydrogen (secondary N) is 2. The molecule has 25 heavy (non-hydrogen) atoms. The van der Waals surface area contributed by atoms with E-state index in [0.29, 0.717) is 15.9 Å². The standard InChI is InChI=1S/C15H13N3O5S2/c1-8-3-5-10(13(19)16-8)14(20)17-25(22,23)9-4-6-11-12(7-9)24-15(21)18(11)2/h3-7H,1-2H3,(H,16,19)(H,17,20). The lowest BCUT2D eigenvalue weighted by molar-refractivity contribution is 0.0980. The third kappa shape index (κ3) is 3.13. The van der Waals surface area contributed by atoms with E-state index in [1.807, 2.05) is 4.72 Å². The van der Waals surface area contributed by atoms with Gasteiger partial charge in [0, 0.05) is 12.7 Å². The van der Waals surface area contributed by atoms with Crippen molar-refractivity contribution in [1.29, 1.82) is 0 Å². The highest BCUT2D eigenvalue weighted by molar-refractivity contribution is 7.90. The van der Waals surface area contributed by atoms with Crippen LogP contribution in [0, 0.1) is 6.92 Å². The van der Waals surface area contributed by atoms with Crippen LogP contribution in [0.1, 0.15) is 16.1 Å². The number of rotatable bonds is 3. The van der Waals surface area contributed by atoms with Crippen molar-refractivity contribution in [2.75, 3.05) is 0 Å². The van der Waals surface area contributed by atoms with Crippen molar-refractivity contribution >= 4 is 37.5 Å². The van der Waals surface area contributed by atoms with Crippen LogP contribution < -0.4 is 15.2 Å². The number of aryl methyl sites for hydroxylation is 2. The SMILES string of the molecule is Cc1ccc(C(=O)NS(=O)(=O)c2ccc3c(c2)sc(=O)n3C)c(=O)[nH]1. The Bertz CT molecular complexity index is 1220. The van der Waals surface area contributed by atoms with Gasteiger partial charge >= 0.3 is 4.87 Å². The van der Waals surface area contributed by atoms with Crippen LogP contribution in [-0.4, -0.2) is 23.9 Å². The molecular formula is C15H13N3O5S2. The van der Waals surface area contributed by atoms with Gasteiger partial charge in [-0.1, -0.05) is 11.3 Å². The molecule has 8 nitrogen and oxygen atoms in total. The van der Waals surface area contributed by atoms with Crippen LogP contribution in [0.2, 0.25) is 0 Å². The van der Waals surface area contributed by atoms with E-state index in [0.717, 1.165) is 11.3 Å². The first-order valence-electron chi connectivity index (χ1n) is 7.06. The summed E-state index contributed by atoms with van der Waals surface area (Å²) < 4.78 is 28.6. The molecule has 0 unspecified atom stereocenters. The third-order valence-electron chi connectivity index (χ3n) is 3.60. The first kappa shape index (κ1) is 17.1. The maximum Gasteiger partial charge on any atom is 0.307 e. The van der Waals surface area contributed by atoms with E-state index in [2.05, 4.69) is 4.98 Å². The number of amides is 1. The topological polar surface area (TPSA) is 118 Å². The highest BCUT2D eigenvalue weighted by Crippen LogP contribution is 2.21. The number of benzene rings is 1. The predicted octanol–water partition coefficient (Wildman–Crippen LogP) is 0.715. The number of pyridine rings is 1. The summed E-state index contributed by atoms with van der Waals surface area (Å²) in [6.45, 7) is 1.64. The number of carbonyl (C=O) groups is 1. The second-order valence-corrected chi connectivity index (χ2v) is 8.05. The van der Waals surface area contributed by atoms with Crippen LogP contribution in [0.5, 0.6) is 0 Å². The number of H-pyrrole nitrogens is 1. The van der Waals surface area contributed by atoms with Crippen molar-refractivity contribution in [3.8, 4) is 0 Å². The van der Waals surface area contributed by atoms with Gasteiger partial charge in [0.1, 0.15) is 5.56 Å². The summed E-state index contributed by atoms with van der Waals surface area (Å²) in [5.41, 5.74) is 0.160. The van der Waals surface area contributed by atoms with E-state index in [1.165, 1.54) is 34.9 Å². The molecule has 2 heterocycles. The van der Waals surface area contributed by atoms with Gasteiger partial charge in [-0.3, -0.25) is 14.4 Å². The van der Waals surface area contributed by atoms with E-state index in [9.17, 15) is 22.8 Å². The zero-order valence-electron chi connectivity index (χ0n) is 13.2. The van der Waals surface area contributed by atoms with Gasteiger partial charge in [0.2, 0.25) is 0 Å². The second-order valence-electron chi connectivity index (χ2n) is 5.38. The van der Waals surface area contributed by atoms with Crippen molar-refractivity contribution in [3.05, 3.63) is 61.6 Å². The van der Waals surface area contributed by atoms with Crippen molar-refractivity contribution in [3.63, 3.8) is 0 Å². The summed E-state index contributed by atoms with van der Waals surface area (Å²) in [6.07, 6.45) is 0. The molecule has 2 N–H and O–H groups in total. The van der Waals surface area contributed by atoms with E-state index in [-0.39, 0.29) is 15.3 Å². The van der Waals surface area contributed by atoms with Gasteiger partial charge in [-0.15, -0.1) is 0 Å². The molecule has 0 saturated heterocycles. The van der Waals surface area contributed by atoms with Gasteiger partial charge in [-0.05, 0) is 37.3 Å². The highest BCUT2D eigenvalue weighted by Gasteiger charge is 2.21. The predicted molar refractivity (Wildman–Crippen MR) is 93.5 cm³/mol. The molecule has 3 aromatic rings. The van der Waals surface area contributed by atoms with Gasteiger partial charge in [-0.2, -0.15) is 0 Å². The molecule has 0 aliphatic rings. The van der Waals surface area contributed by atoms with Crippen LogP contribution in [0.15, 0.2) is 44.8 Å². The van der Waals surface area contributed by atoms with Gasteiger partial charge in [0.05, 0.1) is 15.1 Å². The molecule has 130 valence electrons. The average molecular weight is 379 g/mol. The Hall–Kier alpha value is -2.72. The molecular weight excluding hydrogens is 366 g/mol. The lowest BCUT2D eigenvalue weighted by atomic mass is 10.2. The molecule has 10 heteroatoms. The monoisotopic (exact) mass is 379 g/mol. The number of hydrogen-bond acceptors (Lipinski definition) is 6. The Balaban J connectivity index is 1.97. The lowest BCUT2D eigenvalue weighted by Crippen LogP contribution is -2.34. The lowest BCUT2D eigenvalue weighted by Gasteiger charge is -2.07. The second kappa shape index (κ2) is 5.97. The van der Waals surface area contributed by atoms with E-state index < -0.39 is 21.5 Å². The molecule has 0 fully saturated rings. The molecule has 0 radical (unpaired) electrons. The minimum atomic E-state index is -4.19. The van der Waals surface area contributed by atoms with Crippen LogP contribution in [-0.2, 0) is 17.1 Å². The Morgan fingerprint density at radius 2 is 1.92 bits per heavy atom. The summed E-state index contributed by atoms with van der Waals surface area (Å²) in [6, 6.07) is 6.85. The molecule has 2 aromatic heterocycles. The number of aromatic amines is 1. The van der Waals surface area contributed by atoms with E-state index >= 15 is 0 Å². The fourth-order valence-electron chi connectivity index (χ4n) is 2.27. The minimum absolute atomic E-state index is 0.168. The number of aromatic nitrogens is 2. The van der Waals surface area contributed by atoms with Crippen molar-refractivity contribution in [1.82, 2.24) is 14.3 Å². The van der Waals surface area contributed by atoms with Crippen LogP contribution in [0.4, 0.5) is 0 Å². The number of thiazole rings is 1. The van der Waals surface area contributed by atoms with E-state index in [1.54, 1.807) is 14.0 Å². The number of nitrogens with zero attached hydrogens (tertiary/aromatic N) is 1. The molecule has 3 rings (SSSR count). The van der Waals surface area contributed by atoms with Gasteiger partial charge in [0.25, 0.3) is 21.5 Å². The fraction of sp³-hybridized carbons (Fsp3) is 0.133. The first-order chi connectivity index (χ1) is 11.7. The Kier molecular flexibility index (Phi) is 4.09. The number of carbonyl (C=O) groups excluding carboxylic acids is 1. The number of fused-ring (bicyclic) bond motifs is 1. The third-order valence-corrected chi connectivity index (χ3v) is 5.93. The summed E-state index contributed by atoms with van der Waals surface area (Å²) >= 11 is 0.904. The molecule has 0 spiro atoms. The molecule has 0 saturated carbocycles. The van der Waals surface area contributed by atoms with E-state index in [4.69, 9.17) is 0 Å². The number of hydrogen-bond donors (Lipinski definition) is 2. The Morgan fingerprint density at radius 3 is 2.60 bits per heavy atom. The highest BCUT2D eigenvalue weighted by atomic mass is 32.2. The first-order valence-corrected chi connectivity index (χ1v) is 9.36. The van der Waals surface area contributed by atoms with Crippen molar-refractivity contribution in [2.45, 2.75) is 11.8 Å². The Labute approximate surface area is 145 Å². The minimum Gasteiger partial charge on any atom is -0.326 e. The molecule has 1 aromatic carbocycles. The quantitative estimate of drug-likeness (QED) is 0.695. The fourth-order valence-corrected chi connectivity index (χ4v) is 4.25. The van der Waals surface area contributed by atoms with Crippen LogP contribution in [0.25, 0.3) is 10.2 Å². The largest absolute Gasteiger partial charge is 0.326 e. The molecule has 0 aliphatic heterocycles. The van der Waals surface area contributed by atoms with Gasteiger partial charge < -0.3 is 9.55 Å². The van der Waals surface area contributed by atoms with Crippen LogP contribution in [0.3, 0.4) is 0 Å². The van der Waals surface area contributed by atoms with Crippen molar-refractivity contribution < 1.29 is 13.2 Å². The zero-order valence-corrected chi connectivity index (χ0v) is 14.8. The maximum absolute atomic E-state index is 12.4. The summed E-state index contributed by atoms with van der Waals surface area (Å²) in [5.74, 6) is -1.03. The summed E-state index contributed by atoms with van der Waals surface area (Å²) in [5, 5.41) is 0. The molecule has 0 atom stereocenters. The normalized spacial score (nSPS) is 11.6. The summed E-state index contributed by atoms with van der Waals surface area (Å²) in [7, 11) is -2.60. The molecule has 0 aliphatic carbocycles. The smallest absolute Gasteiger partial charge is 0.307 e. The summed E-state index contributed by atoms with van der Waals surface area (Å²) in [4.78, 5) is 37.6. The number of sulfonamides is 1. The average Bonchev–Trinajstić information content (AvgIpc) is 2.81. The molecule has 0 bridgehead atoms. The van der Waals surface area contributed by atoms with Crippen LogP contribution >= 0.6 is 11.3 Å². The van der Waals surface area contributed by atoms with Gasteiger partial charge in [-0.25, -0.2) is 13.1 Å². The maximum atomic E-state index is 12.4. The Morgan fingerprint density at radius 1 is 1.20 bits per heavy atom. The molecule has 1 amide bonds. The van der Waals surface area contributed by atoms with Crippen molar-refractivity contribution in [2.24, 2.45) is 7.05 Å². The van der Waals surface area contributed by atoms with Gasteiger partial charge in [0.15, 0.2) is 0 Å². The zero-order chi connectivity index (χ0) is 18.4.